The fourth-order valence-electron chi connectivity index (χ4n) is 2.42. The Bertz CT molecular complexity index is 670. The maximum atomic E-state index is 12.2. The summed E-state index contributed by atoms with van der Waals surface area (Å²) in [6.45, 7) is 1.79. The summed E-state index contributed by atoms with van der Waals surface area (Å²) < 4.78 is 5.37. The van der Waals surface area contributed by atoms with Gasteiger partial charge in [-0.15, -0.1) is 0 Å². The van der Waals surface area contributed by atoms with Crippen LogP contribution in [0.4, 0.5) is 0 Å². The van der Waals surface area contributed by atoms with Crippen LogP contribution in [0.2, 0.25) is 0 Å². The van der Waals surface area contributed by atoms with E-state index in [1.807, 2.05) is 30.3 Å². The number of halogens is 1. The zero-order valence-corrected chi connectivity index (χ0v) is 13.2. The molecule has 0 saturated heterocycles. The smallest absolute Gasteiger partial charge is 0.251 e. The molecule has 1 heterocycles. The minimum atomic E-state index is -0.0473. The molecule has 0 atom stereocenters. The second-order valence-corrected chi connectivity index (χ2v) is 5.67. The Morgan fingerprint density at radius 1 is 1.10 bits per heavy atom. The van der Waals surface area contributed by atoms with E-state index in [1.165, 1.54) is 11.1 Å². The fraction of sp³-hybridized carbons (Fsp3) is 0.235. The molecule has 1 aliphatic rings. The van der Waals surface area contributed by atoms with Crippen LogP contribution in [0.3, 0.4) is 0 Å². The van der Waals surface area contributed by atoms with Crippen molar-refractivity contribution in [2.45, 2.75) is 25.1 Å². The second kappa shape index (κ2) is 6.41. The van der Waals surface area contributed by atoms with Gasteiger partial charge >= 0.3 is 0 Å². The molecule has 108 valence electrons. The van der Waals surface area contributed by atoms with E-state index < -0.39 is 0 Å². The van der Waals surface area contributed by atoms with Gasteiger partial charge in [-0.05, 0) is 34.4 Å². The van der Waals surface area contributed by atoms with E-state index in [1.54, 1.807) is 0 Å². The summed E-state index contributed by atoms with van der Waals surface area (Å²) in [6.07, 6.45) is 0. The molecule has 3 rings (SSSR count). The van der Waals surface area contributed by atoms with Crippen molar-refractivity contribution in [3.63, 3.8) is 0 Å². The summed E-state index contributed by atoms with van der Waals surface area (Å²) >= 11 is 3.44. The summed E-state index contributed by atoms with van der Waals surface area (Å²) in [7, 11) is 0. The number of hydrogen-bond acceptors (Lipinski definition) is 2. The monoisotopic (exact) mass is 345 g/mol. The Kier molecular flexibility index (Phi) is 4.36. The average molecular weight is 346 g/mol. The number of hydrogen-bond donors (Lipinski definition) is 1. The van der Waals surface area contributed by atoms with Gasteiger partial charge < -0.3 is 10.1 Å². The summed E-state index contributed by atoms with van der Waals surface area (Å²) in [6, 6.07) is 13.9. The molecule has 2 aromatic carbocycles. The number of carbonyl (C=O) groups is 1. The quantitative estimate of drug-likeness (QED) is 0.860. The largest absolute Gasteiger partial charge is 0.372 e. The molecule has 1 amide bonds. The van der Waals surface area contributed by atoms with Crippen LogP contribution in [0.15, 0.2) is 42.5 Å². The molecule has 1 N–H and O–H groups in total. The second-order valence-electron chi connectivity index (χ2n) is 5.11. The number of fused-ring (bicyclic) bond motifs is 1. The lowest BCUT2D eigenvalue weighted by Crippen LogP contribution is -2.23. The Balaban J connectivity index is 1.66. The van der Waals surface area contributed by atoms with Gasteiger partial charge in [0.25, 0.3) is 5.91 Å². The van der Waals surface area contributed by atoms with Gasteiger partial charge in [0.05, 0.1) is 13.2 Å². The van der Waals surface area contributed by atoms with Gasteiger partial charge in [-0.1, -0.05) is 46.3 Å². The normalized spacial score (nSPS) is 13.0. The highest BCUT2D eigenvalue weighted by molar-refractivity contribution is 9.08. The highest BCUT2D eigenvalue weighted by Gasteiger charge is 2.14. The summed E-state index contributed by atoms with van der Waals surface area (Å²) in [5.74, 6) is -0.0473. The lowest BCUT2D eigenvalue weighted by Gasteiger charge is -2.07. The maximum absolute atomic E-state index is 12.2. The molecule has 0 bridgehead atoms. The molecule has 0 spiro atoms. The molecule has 21 heavy (non-hydrogen) atoms. The van der Waals surface area contributed by atoms with Crippen molar-refractivity contribution in [3.05, 3.63) is 70.3 Å². The highest BCUT2D eigenvalue weighted by Crippen LogP contribution is 2.20. The molecular weight excluding hydrogens is 330 g/mol. The number of alkyl halides is 1. The summed E-state index contributed by atoms with van der Waals surface area (Å²) in [5, 5.41) is 3.78. The van der Waals surface area contributed by atoms with Gasteiger partial charge in [0.2, 0.25) is 0 Å². The van der Waals surface area contributed by atoms with Gasteiger partial charge in [0.1, 0.15) is 0 Å². The Hall–Kier alpha value is -1.65. The molecule has 0 radical (unpaired) electrons. The van der Waals surface area contributed by atoms with E-state index >= 15 is 0 Å². The first-order valence-electron chi connectivity index (χ1n) is 6.88. The summed E-state index contributed by atoms with van der Waals surface area (Å²) in [4.78, 5) is 12.2. The maximum Gasteiger partial charge on any atom is 0.251 e. The Labute approximate surface area is 132 Å². The lowest BCUT2D eigenvalue weighted by atomic mass is 10.1. The average Bonchev–Trinajstić information content (AvgIpc) is 3.00. The number of amides is 1. The van der Waals surface area contributed by atoms with Crippen LogP contribution in [-0.4, -0.2) is 5.91 Å². The lowest BCUT2D eigenvalue weighted by molar-refractivity contribution is 0.0950. The van der Waals surface area contributed by atoms with Crippen molar-refractivity contribution in [1.82, 2.24) is 5.32 Å². The van der Waals surface area contributed by atoms with E-state index in [4.69, 9.17) is 4.74 Å². The fourth-order valence-corrected chi connectivity index (χ4v) is 2.77. The first-order valence-corrected chi connectivity index (χ1v) is 8.00. The third kappa shape index (κ3) is 3.34. The van der Waals surface area contributed by atoms with Crippen LogP contribution in [0.25, 0.3) is 0 Å². The number of carbonyl (C=O) groups excluding carboxylic acids is 1. The minimum Gasteiger partial charge on any atom is -0.372 e. The third-order valence-electron chi connectivity index (χ3n) is 3.58. The molecule has 3 nitrogen and oxygen atoms in total. The molecular formula is C17H16BrNO2. The van der Waals surface area contributed by atoms with Crippen LogP contribution in [-0.2, 0) is 29.8 Å². The predicted octanol–water partition coefficient (Wildman–Crippen LogP) is 3.54. The van der Waals surface area contributed by atoms with E-state index in [9.17, 15) is 4.79 Å². The van der Waals surface area contributed by atoms with Crippen molar-refractivity contribution in [2.75, 3.05) is 0 Å². The van der Waals surface area contributed by atoms with Crippen LogP contribution in [0.1, 0.15) is 32.6 Å². The van der Waals surface area contributed by atoms with Gasteiger partial charge in [0, 0.05) is 17.4 Å². The highest BCUT2D eigenvalue weighted by atomic mass is 79.9. The molecule has 1 aliphatic heterocycles. The van der Waals surface area contributed by atoms with E-state index in [2.05, 4.69) is 33.4 Å². The summed E-state index contributed by atoms with van der Waals surface area (Å²) in [5.41, 5.74) is 5.29. The van der Waals surface area contributed by atoms with Crippen molar-refractivity contribution in [1.29, 1.82) is 0 Å². The van der Waals surface area contributed by atoms with Gasteiger partial charge in [-0.2, -0.15) is 0 Å². The zero-order chi connectivity index (χ0) is 14.7. The molecule has 4 heteroatoms. The molecule has 0 saturated carbocycles. The van der Waals surface area contributed by atoms with Gasteiger partial charge in [-0.25, -0.2) is 0 Å². The van der Waals surface area contributed by atoms with E-state index in [-0.39, 0.29) is 5.91 Å². The molecule has 2 aromatic rings. The van der Waals surface area contributed by atoms with Crippen molar-refractivity contribution < 1.29 is 9.53 Å². The number of nitrogens with one attached hydrogen (secondary N) is 1. The van der Waals surface area contributed by atoms with Crippen LogP contribution in [0, 0.1) is 0 Å². The van der Waals surface area contributed by atoms with Crippen LogP contribution < -0.4 is 5.32 Å². The van der Waals surface area contributed by atoms with Crippen molar-refractivity contribution in [2.24, 2.45) is 0 Å². The predicted molar refractivity (Wildman–Crippen MR) is 85.2 cm³/mol. The zero-order valence-electron chi connectivity index (χ0n) is 11.6. The Morgan fingerprint density at radius 2 is 1.90 bits per heavy atom. The number of rotatable bonds is 4. The molecule has 0 unspecified atom stereocenters. The van der Waals surface area contributed by atoms with Crippen molar-refractivity contribution >= 4 is 21.8 Å². The molecule has 0 aromatic heterocycles. The van der Waals surface area contributed by atoms with Crippen LogP contribution >= 0.6 is 15.9 Å². The van der Waals surface area contributed by atoms with Gasteiger partial charge in [-0.3, -0.25) is 4.79 Å². The van der Waals surface area contributed by atoms with E-state index in [0.717, 1.165) is 16.5 Å². The molecule has 0 aliphatic carbocycles. The SMILES string of the molecule is O=C(NCc1cccc(CBr)c1)c1ccc2c(c1)COC2. The van der Waals surface area contributed by atoms with Crippen LogP contribution in [0.5, 0.6) is 0 Å². The minimum absolute atomic E-state index is 0.0473. The number of ether oxygens (including phenoxy) is 1. The topological polar surface area (TPSA) is 38.3 Å². The first kappa shape index (κ1) is 14.3. The number of benzene rings is 2. The van der Waals surface area contributed by atoms with Crippen molar-refractivity contribution in [3.8, 4) is 0 Å². The molecule has 0 fully saturated rings. The third-order valence-corrected chi connectivity index (χ3v) is 4.23. The van der Waals surface area contributed by atoms with Gasteiger partial charge in [0.15, 0.2) is 0 Å². The first-order chi connectivity index (χ1) is 10.3. The van der Waals surface area contributed by atoms with E-state index in [0.29, 0.717) is 25.3 Å². The standard InChI is InChI=1S/C17H16BrNO2/c18-8-12-2-1-3-13(6-12)9-19-17(20)14-4-5-15-10-21-11-16(15)7-14/h1-7H,8-11H2,(H,19,20). The Morgan fingerprint density at radius 3 is 2.76 bits per heavy atom.